The van der Waals surface area contributed by atoms with Gasteiger partial charge in [0.05, 0.1) is 27.0 Å². The third-order valence-electron chi connectivity index (χ3n) is 4.92. The second-order valence-electron chi connectivity index (χ2n) is 7.03. The van der Waals surface area contributed by atoms with Gasteiger partial charge in [-0.3, -0.25) is 9.78 Å². The molecule has 33 heavy (non-hydrogen) atoms. The van der Waals surface area contributed by atoms with Gasteiger partial charge in [0.15, 0.2) is 11.5 Å². The van der Waals surface area contributed by atoms with E-state index in [1.807, 2.05) is 19.9 Å². The number of nitrogens with zero attached hydrogens (tertiary/aromatic N) is 2. The van der Waals surface area contributed by atoms with E-state index in [1.54, 1.807) is 49.7 Å². The molecule has 0 bridgehead atoms. The first-order valence-electron chi connectivity index (χ1n) is 10.1. The Morgan fingerprint density at radius 3 is 2.24 bits per heavy atom. The molecule has 1 heterocycles. The van der Waals surface area contributed by atoms with E-state index in [0.717, 1.165) is 5.69 Å². The average Bonchev–Trinajstić information content (AvgIpc) is 2.82. The van der Waals surface area contributed by atoms with Crippen LogP contribution in [0.4, 0.5) is 0 Å². The number of aromatic nitrogens is 1. The summed E-state index contributed by atoms with van der Waals surface area (Å²) in [6.45, 7) is 11.5. The lowest BCUT2D eigenvalue weighted by Gasteiger charge is -2.21. The third-order valence-corrected chi connectivity index (χ3v) is 4.92. The fourth-order valence-corrected chi connectivity index (χ4v) is 3.00. The monoisotopic (exact) mass is 450 g/mol. The predicted molar refractivity (Wildman–Crippen MR) is 129 cm³/mol. The van der Waals surface area contributed by atoms with E-state index in [2.05, 4.69) is 18.1 Å². The number of hydrogen-bond donors (Lipinski definition) is 0. The summed E-state index contributed by atoms with van der Waals surface area (Å²) in [5.74, 6) is 1.97. The Morgan fingerprint density at radius 2 is 1.73 bits per heavy atom. The number of allylic oxidation sites excluding steroid dienone is 4. The summed E-state index contributed by atoms with van der Waals surface area (Å²) in [4.78, 5) is 18.9. The van der Waals surface area contributed by atoms with Gasteiger partial charge in [0.1, 0.15) is 11.5 Å². The van der Waals surface area contributed by atoms with Crippen LogP contribution in [0.1, 0.15) is 23.0 Å². The van der Waals surface area contributed by atoms with Crippen molar-refractivity contribution in [3.63, 3.8) is 0 Å². The van der Waals surface area contributed by atoms with Crippen LogP contribution in [0, 0.1) is 6.92 Å². The largest absolute Gasteiger partial charge is 0.493 e. The van der Waals surface area contributed by atoms with E-state index < -0.39 is 0 Å². The maximum absolute atomic E-state index is 13.2. The lowest BCUT2D eigenvalue weighted by molar-refractivity contribution is 0.0835. The molecule has 0 unspecified atom stereocenters. The van der Waals surface area contributed by atoms with Gasteiger partial charge in [-0.1, -0.05) is 25.3 Å². The van der Waals surface area contributed by atoms with Crippen LogP contribution in [-0.2, 0) is 0 Å². The van der Waals surface area contributed by atoms with Gasteiger partial charge < -0.3 is 23.8 Å². The maximum Gasteiger partial charge on any atom is 0.258 e. The molecule has 0 saturated heterocycles. The summed E-state index contributed by atoms with van der Waals surface area (Å²) in [5, 5.41) is 0. The van der Waals surface area contributed by atoms with Crippen molar-refractivity contribution in [2.45, 2.75) is 13.8 Å². The van der Waals surface area contributed by atoms with Crippen molar-refractivity contribution in [3.8, 4) is 23.0 Å². The van der Waals surface area contributed by atoms with Crippen molar-refractivity contribution >= 4 is 5.91 Å². The highest BCUT2D eigenvalue weighted by molar-refractivity contribution is 5.96. The van der Waals surface area contributed by atoms with Gasteiger partial charge >= 0.3 is 0 Å². The SMILES string of the molecule is C=C/C=C(\C=C(/C)N(C)C(=O)c1cc(OC)c(OC)c(OC)c1)C(=C)Oc1cccnc1C. The van der Waals surface area contributed by atoms with E-state index in [4.69, 9.17) is 18.9 Å². The number of benzene rings is 1. The van der Waals surface area contributed by atoms with Crippen LogP contribution in [0.25, 0.3) is 0 Å². The molecule has 1 aromatic carbocycles. The van der Waals surface area contributed by atoms with Crippen molar-refractivity contribution in [1.29, 1.82) is 0 Å². The maximum atomic E-state index is 13.2. The topological polar surface area (TPSA) is 70.1 Å². The molecule has 2 rings (SSSR count). The van der Waals surface area contributed by atoms with E-state index in [-0.39, 0.29) is 5.91 Å². The molecule has 0 radical (unpaired) electrons. The number of hydrogen-bond acceptors (Lipinski definition) is 6. The zero-order valence-electron chi connectivity index (χ0n) is 20.0. The van der Waals surface area contributed by atoms with Crippen LogP contribution in [0.3, 0.4) is 0 Å². The highest BCUT2D eigenvalue weighted by Gasteiger charge is 2.20. The number of ether oxygens (including phenoxy) is 4. The summed E-state index contributed by atoms with van der Waals surface area (Å²) in [5.41, 5.74) is 2.45. The lowest BCUT2D eigenvalue weighted by Crippen LogP contribution is -2.25. The molecule has 0 N–H and O–H groups in total. The van der Waals surface area contributed by atoms with Crippen LogP contribution in [-0.4, -0.2) is 44.2 Å². The minimum Gasteiger partial charge on any atom is -0.493 e. The predicted octanol–water partition coefficient (Wildman–Crippen LogP) is 5.10. The fourth-order valence-electron chi connectivity index (χ4n) is 3.00. The van der Waals surface area contributed by atoms with Crippen molar-refractivity contribution in [1.82, 2.24) is 9.88 Å². The van der Waals surface area contributed by atoms with Crippen LogP contribution >= 0.6 is 0 Å². The van der Waals surface area contributed by atoms with Gasteiger partial charge in [0.2, 0.25) is 5.75 Å². The van der Waals surface area contributed by atoms with Crippen LogP contribution in [0.5, 0.6) is 23.0 Å². The molecule has 1 amide bonds. The summed E-state index contributed by atoms with van der Waals surface area (Å²) in [6, 6.07) is 6.83. The highest BCUT2D eigenvalue weighted by atomic mass is 16.5. The number of amides is 1. The summed E-state index contributed by atoms with van der Waals surface area (Å²) < 4.78 is 22.0. The molecule has 0 spiro atoms. The molecule has 0 fully saturated rings. The second-order valence-corrected chi connectivity index (χ2v) is 7.03. The second kappa shape index (κ2) is 11.6. The molecule has 2 aromatic rings. The summed E-state index contributed by atoms with van der Waals surface area (Å²) in [7, 11) is 6.19. The van der Waals surface area contributed by atoms with E-state index >= 15 is 0 Å². The molecule has 0 saturated carbocycles. The lowest BCUT2D eigenvalue weighted by atomic mass is 10.1. The first kappa shape index (κ1) is 25.3. The normalized spacial score (nSPS) is 11.5. The van der Waals surface area contributed by atoms with Gasteiger partial charge in [0, 0.05) is 30.1 Å². The number of aryl methyl sites for hydroxylation is 1. The number of pyridine rings is 1. The van der Waals surface area contributed by atoms with Gasteiger partial charge in [-0.2, -0.15) is 0 Å². The van der Waals surface area contributed by atoms with E-state index in [0.29, 0.717) is 45.6 Å². The summed E-state index contributed by atoms with van der Waals surface area (Å²) in [6.07, 6.45) is 6.88. The Hall–Kier alpha value is -4.00. The van der Waals surface area contributed by atoms with Gasteiger partial charge in [-0.25, -0.2) is 0 Å². The third kappa shape index (κ3) is 6.04. The molecule has 7 nitrogen and oxygen atoms in total. The van der Waals surface area contributed by atoms with E-state index in [1.165, 1.54) is 26.2 Å². The van der Waals surface area contributed by atoms with Gasteiger partial charge in [-0.05, 0) is 44.2 Å². The van der Waals surface area contributed by atoms with Crippen LogP contribution in [0.15, 0.2) is 78.9 Å². The molecule has 0 aliphatic carbocycles. The Labute approximate surface area is 195 Å². The summed E-state index contributed by atoms with van der Waals surface area (Å²) >= 11 is 0. The smallest absolute Gasteiger partial charge is 0.258 e. The number of carbonyl (C=O) groups excluding carboxylic acids is 1. The molecular formula is C26H30N2O5. The molecule has 174 valence electrons. The minimum absolute atomic E-state index is 0.254. The molecule has 7 heteroatoms. The Bertz CT molecular complexity index is 1080. The first-order valence-corrected chi connectivity index (χ1v) is 10.1. The first-order chi connectivity index (χ1) is 15.8. The zero-order chi connectivity index (χ0) is 24.5. The molecule has 1 aromatic heterocycles. The van der Waals surface area contributed by atoms with Crippen molar-refractivity contribution in [2.75, 3.05) is 28.4 Å². The van der Waals surface area contributed by atoms with Crippen molar-refractivity contribution < 1.29 is 23.7 Å². The zero-order valence-corrected chi connectivity index (χ0v) is 20.0. The number of methoxy groups -OCH3 is 3. The molecular weight excluding hydrogens is 420 g/mol. The average molecular weight is 451 g/mol. The fraction of sp³-hybridized carbons (Fsp3) is 0.231. The molecule has 0 aliphatic heterocycles. The molecule has 0 atom stereocenters. The van der Waals surface area contributed by atoms with Crippen LogP contribution < -0.4 is 18.9 Å². The standard InChI is InChI=1S/C26H30N2O5/c1-9-11-20(19(4)33-22-12-10-13-27-18(22)3)14-17(2)28(5)26(29)21-15-23(30-6)25(32-8)24(16-21)31-7/h9-16H,1,4H2,2-3,5-8H3/b17-14+,20-11+. The highest BCUT2D eigenvalue weighted by Crippen LogP contribution is 2.38. The Morgan fingerprint density at radius 1 is 1.09 bits per heavy atom. The molecule has 0 aliphatic rings. The minimum atomic E-state index is -0.254. The Kier molecular flexibility index (Phi) is 8.86. The Balaban J connectivity index is 2.33. The number of carbonyl (C=O) groups is 1. The van der Waals surface area contributed by atoms with Crippen molar-refractivity contribution in [3.05, 3.63) is 90.1 Å². The van der Waals surface area contributed by atoms with E-state index in [9.17, 15) is 4.79 Å². The quantitative estimate of drug-likeness (QED) is 0.371. The van der Waals surface area contributed by atoms with Gasteiger partial charge in [-0.15, -0.1) is 0 Å². The number of rotatable bonds is 10. The van der Waals surface area contributed by atoms with Gasteiger partial charge in [0.25, 0.3) is 5.91 Å². The van der Waals surface area contributed by atoms with Crippen LogP contribution in [0.2, 0.25) is 0 Å². The van der Waals surface area contributed by atoms with Crippen molar-refractivity contribution in [2.24, 2.45) is 0 Å².